The molecule has 0 N–H and O–H groups in total. The molecule has 2 bridgehead atoms. The van der Waals surface area contributed by atoms with Crippen molar-refractivity contribution in [2.75, 3.05) is 26.4 Å². The summed E-state index contributed by atoms with van der Waals surface area (Å²) < 4.78 is 51.8. The van der Waals surface area contributed by atoms with Gasteiger partial charge >= 0.3 is 99.4 Å². The van der Waals surface area contributed by atoms with Gasteiger partial charge < -0.3 is 0 Å². The van der Waals surface area contributed by atoms with E-state index in [4.69, 9.17) is 36.9 Å². The van der Waals surface area contributed by atoms with Crippen LogP contribution < -0.4 is 0 Å². The van der Waals surface area contributed by atoms with Crippen LogP contribution in [0.4, 0.5) is 0 Å². The van der Waals surface area contributed by atoms with E-state index in [-0.39, 0.29) is 5.41 Å². The van der Waals surface area contributed by atoms with Crippen LogP contribution in [0.25, 0.3) is 0 Å². The summed E-state index contributed by atoms with van der Waals surface area (Å²) in [6, 6.07) is 0. The van der Waals surface area contributed by atoms with Crippen LogP contribution in [0, 0.1) is 32.0 Å². The summed E-state index contributed by atoms with van der Waals surface area (Å²) in [5.74, 6) is 0. The molecule has 0 atom stereocenters. The van der Waals surface area contributed by atoms with Gasteiger partial charge in [-0.15, -0.1) is 0 Å². The normalized spacial score (nSPS) is 21.5. The van der Waals surface area contributed by atoms with Crippen LogP contribution in [-0.2, 0) is 52.8 Å². The summed E-state index contributed by atoms with van der Waals surface area (Å²) in [5.41, 5.74) is 0.187. The molecule has 0 amide bonds. The fraction of sp³-hybridized carbons (Fsp3) is 0.643. The molecule has 3 aliphatic heterocycles. The summed E-state index contributed by atoms with van der Waals surface area (Å²) >= 11 is 2.74. The van der Waals surface area contributed by atoms with Crippen molar-refractivity contribution >= 4 is 13.2 Å². The third-order valence-electron chi connectivity index (χ3n) is 2.59. The molecule has 0 aromatic carbocycles. The SMILES string of the molecule is CCC12CO[PH+](OC1)OC2.CCO[C](C)=[Cr].[C-]#[O+].[C-]#[O+].[C-]#[O+].[C-]#[O+]. The van der Waals surface area contributed by atoms with E-state index in [0.29, 0.717) is 0 Å². The Morgan fingerprint density at radius 1 is 0.958 bits per heavy atom. The fourth-order valence-corrected chi connectivity index (χ4v) is 3.10. The average molecular weight is 399 g/mol. The van der Waals surface area contributed by atoms with Gasteiger partial charge in [0, 0.05) is 0 Å². The molecule has 0 spiro atoms. The standard InChI is InChI=1S/C6H12O3P.C4H8O.4CO.Cr/c1-2-6-3-7-10(8-4-6)9-5-6;1-3-5-4-2;4*1-2;/h10H,2-5H2,1H3;3H2,1-2H3;;;;;/q+1;;;;;;. The minimum absolute atomic E-state index is 0.187. The van der Waals surface area contributed by atoms with Crippen LogP contribution in [0.2, 0.25) is 0 Å². The molecule has 3 aliphatic rings. The van der Waals surface area contributed by atoms with Crippen LogP contribution in [-0.4, -0.2) is 31.0 Å². The van der Waals surface area contributed by atoms with Crippen LogP contribution in [0.5, 0.6) is 0 Å². The van der Waals surface area contributed by atoms with E-state index in [1.54, 1.807) is 0 Å². The molecule has 0 aromatic rings. The molecule has 0 saturated carbocycles. The summed E-state index contributed by atoms with van der Waals surface area (Å²) in [5, 5.41) is 0. The molecule has 0 aromatic heterocycles. The molecule has 3 saturated heterocycles. The molecular formula is C14H20CrO8P+. The molecule has 24 heavy (non-hydrogen) atoms. The molecule has 0 unspecified atom stereocenters. The Balaban J connectivity index is -0.000000125. The van der Waals surface area contributed by atoms with E-state index < -0.39 is 8.60 Å². The van der Waals surface area contributed by atoms with Crippen molar-refractivity contribution in [3.63, 3.8) is 0 Å². The Bertz CT molecular complexity index is 334. The first-order valence-electron chi connectivity index (χ1n) is 6.32. The van der Waals surface area contributed by atoms with E-state index >= 15 is 0 Å². The van der Waals surface area contributed by atoms with Gasteiger partial charge in [0.05, 0.1) is 5.41 Å². The average Bonchev–Trinajstić information content (AvgIpc) is 2.70. The first-order chi connectivity index (χ1) is 11.6. The Morgan fingerprint density at radius 3 is 1.42 bits per heavy atom. The van der Waals surface area contributed by atoms with E-state index in [9.17, 15) is 0 Å². The van der Waals surface area contributed by atoms with Gasteiger partial charge in [0.25, 0.3) is 0 Å². The van der Waals surface area contributed by atoms with Crippen LogP contribution >= 0.6 is 8.60 Å². The zero-order valence-electron chi connectivity index (χ0n) is 13.7. The van der Waals surface area contributed by atoms with Crippen molar-refractivity contribution in [2.45, 2.75) is 27.2 Å². The second-order valence-corrected chi connectivity index (χ2v) is 6.16. The maximum absolute atomic E-state index is 7.50. The van der Waals surface area contributed by atoms with Gasteiger partial charge in [-0.3, -0.25) is 0 Å². The van der Waals surface area contributed by atoms with Crippen LogP contribution in [0.3, 0.4) is 0 Å². The second kappa shape index (κ2) is 24.9. The zero-order chi connectivity index (χ0) is 20.0. The monoisotopic (exact) mass is 399 g/mol. The van der Waals surface area contributed by atoms with Crippen LogP contribution in [0.1, 0.15) is 27.2 Å². The zero-order valence-corrected chi connectivity index (χ0v) is 16.0. The molecule has 134 valence electrons. The first-order valence-corrected chi connectivity index (χ1v) is 8.18. The van der Waals surface area contributed by atoms with Gasteiger partial charge in [-0.05, 0) is 6.42 Å². The third kappa shape index (κ3) is 16.5. The topological polar surface area (TPSA) is 117 Å². The van der Waals surface area contributed by atoms with E-state index in [1.165, 1.54) is 0 Å². The van der Waals surface area contributed by atoms with E-state index in [0.717, 1.165) is 37.4 Å². The number of hydrogen-bond acceptors (Lipinski definition) is 4. The number of fused-ring (bicyclic) bond motifs is 3. The number of ether oxygens (including phenoxy) is 1. The van der Waals surface area contributed by atoms with Gasteiger partial charge in [-0.25, -0.2) is 0 Å². The van der Waals surface area contributed by atoms with Gasteiger partial charge in [0.1, 0.15) is 19.8 Å². The Hall–Kier alpha value is -0.368. The molecule has 10 heteroatoms. The van der Waals surface area contributed by atoms with Gasteiger partial charge in [-0.2, -0.15) is 13.6 Å². The van der Waals surface area contributed by atoms with E-state index in [2.05, 4.69) is 49.4 Å². The van der Waals surface area contributed by atoms with Crippen molar-refractivity contribution in [2.24, 2.45) is 5.41 Å². The van der Waals surface area contributed by atoms with Gasteiger partial charge in [0.15, 0.2) is 0 Å². The summed E-state index contributed by atoms with van der Waals surface area (Å²) in [6.45, 7) is 27.3. The predicted octanol–water partition coefficient (Wildman–Crippen LogP) is 1.99. The Labute approximate surface area is 152 Å². The third-order valence-corrected chi connectivity index (χ3v) is 3.91. The first kappa shape index (κ1) is 31.4. The summed E-state index contributed by atoms with van der Waals surface area (Å²) in [6.07, 6.45) is 1.09. The molecule has 3 fully saturated rings. The minimum atomic E-state index is -1.27. The van der Waals surface area contributed by atoms with Crippen molar-refractivity contribution in [1.29, 1.82) is 0 Å². The Morgan fingerprint density at radius 2 is 1.29 bits per heavy atom. The van der Waals surface area contributed by atoms with Crippen molar-refractivity contribution in [3.8, 4) is 0 Å². The number of rotatable bonds is 3. The number of hydrogen-bond donors (Lipinski definition) is 0. The van der Waals surface area contributed by atoms with Gasteiger partial charge in [-0.1, -0.05) is 6.92 Å². The molecule has 3 rings (SSSR count). The summed E-state index contributed by atoms with van der Waals surface area (Å²) in [7, 11) is -1.27. The summed E-state index contributed by atoms with van der Waals surface area (Å²) in [4.78, 5) is 0. The van der Waals surface area contributed by atoms with Crippen molar-refractivity contribution in [3.05, 3.63) is 26.6 Å². The van der Waals surface area contributed by atoms with Crippen molar-refractivity contribution < 1.29 is 52.8 Å². The molecule has 8 nitrogen and oxygen atoms in total. The second-order valence-electron chi connectivity index (χ2n) is 3.89. The van der Waals surface area contributed by atoms with E-state index in [1.807, 2.05) is 13.8 Å². The van der Waals surface area contributed by atoms with Crippen molar-refractivity contribution in [1.82, 2.24) is 0 Å². The quantitative estimate of drug-likeness (QED) is 0.410. The fourth-order valence-electron chi connectivity index (χ4n) is 1.40. The molecule has 3 heterocycles. The molecular weight excluding hydrogens is 379 g/mol. The molecule has 0 aliphatic carbocycles. The van der Waals surface area contributed by atoms with Crippen LogP contribution in [0.15, 0.2) is 0 Å². The Kier molecular flexibility index (Phi) is 32.6. The maximum atomic E-state index is 7.50. The van der Waals surface area contributed by atoms with Gasteiger partial charge in [0.2, 0.25) is 0 Å². The predicted molar refractivity (Wildman–Crippen MR) is 76.9 cm³/mol. The molecule has 0 radical (unpaired) electrons.